The topological polar surface area (TPSA) is 48.0 Å². The van der Waals surface area contributed by atoms with Crippen LogP contribution >= 0.6 is 34.5 Å². The third kappa shape index (κ3) is 3.91. The molecule has 0 aliphatic heterocycles. The Morgan fingerprint density at radius 3 is 2.00 bits per heavy atom. The number of halogens is 2. The Balaban J connectivity index is 1.74. The van der Waals surface area contributed by atoms with Gasteiger partial charge in [-0.15, -0.1) is 0 Å². The van der Waals surface area contributed by atoms with Crippen LogP contribution in [0.15, 0.2) is 87.4 Å². The van der Waals surface area contributed by atoms with E-state index >= 15 is 0 Å². The molecule has 0 radical (unpaired) electrons. The summed E-state index contributed by atoms with van der Waals surface area (Å²) in [7, 11) is 0. The van der Waals surface area contributed by atoms with E-state index in [0.29, 0.717) is 27.5 Å². The average Bonchev–Trinajstić information content (AvgIpc) is 3.39. The van der Waals surface area contributed by atoms with E-state index in [2.05, 4.69) is 0 Å². The van der Waals surface area contributed by atoms with Crippen molar-refractivity contribution in [2.45, 2.75) is 6.92 Å². The maximum Gasteiger partial charge on any atom is 0.313 e. The van der Waals surface area contributed by atoms with Crippen molar-refractivity contribution in [3.63, 3.8) is 0 Å². The van der Waals surface area contributed by atoms with E-state index in [-0.39, 0.29) is 4.87 Å². The number of rotatable bonds is 4. The van der Waals surface area contributed by atoms with Gasteiger partial charge in [-0.1, -0.05) is 64.4 Å². The van der Waals surface area contributed by atoms with E-state index < -0.39 is 0 Å². The molecule has 0 fully saturated rings. The summed E-state index contributed by atoms with van der Waals surface area (Å²) in [6, 6.07) is 22.5. The molecule has 0 aliphatic carbocycles. The van der Waals surface area contributed by atoms with E-state index in [1.165, 1.54) is 0 Å². The Hall–Kier alpha value is -3.12. The van der Waals surface area contributed by atoms with Crippen molar-refractivity contribution in [2.24, 2.45) is 0 Å². The smallest absolute Gasteiger partial charge is 0.313 e. The Morgan fingerprint density at radius 1 is 0.812 bits per heavy atom. The van der Waals surface area contributed by atoms with Crippen molar-refractivity contribution in [2.75, 3.05) is 0 Å². The zero-order chi connectivity index (χ0) is 22.2. The highest BCUT2D eigenvalue weighted by molar-refractivity contribution is 7.07. The highest BCUT2D eigenvalue weighted by Gasteiger charge is 2.22. The molecule has 0 atom stereocenters. The highest BCUT2D eigenvalue weighted by Crippen LogP contribution is 2.35. The van der Waals surface area contributed by atoms with Gasteiger partial charge in [-0.05, 0) is 61.0 Å². The molecule has 0 saturated heterocycles. The molecule has 5 aromatic rings. The minimum atomic E-state index is -0.158. The van der Waals surface area contributed by atoms with Gasteiger partial charge in [0.15, 0.2) is 11.6 Å². The zero-order valence-electron chi connectivity index (χ0n) is 16.9. The summed E-state index contributed by atoms with van der Waals surface area (Å²) in [5, 5.41) is 3.06. The van der Waals surface area contributed by atoms with Crippen LogP contribution in [0.4, 0.5) is 0 Å². The highest BCUT2D eigenvalue weighted by atomic mass is 35.5. The SMILES string of the molecule is Cc1ccc(-c2nc(-n3c(-c4ccc(Cl)cc4)csc3=O)c(-c3ccc(Cl)cc3)o2)cc1. The predicted octanol–water partition coefficient (Wildman–Crippen LogP) is 7.50. The van der Waals surface area contributed by atoms with E-state index in [4.69, 9.17) is 32.6 Å². The quantitative estimate of drug-likeness (QED) is 0.268. The number of aromatic nitrogens is 2. The minimum Gasteiger partial charge on any atom is -0.434 e. The molecule has 2 aromatic heterocycles. The van der Waals surface area contributed by atoms with Crippen LogP contribution in [0.5, 0.6) is 0 Å². The van der Waals surface area contributed by atoms with Crippen molar-refractivity contribution >= 4 is 34.5 Å². The number of aryl methyl sites for hydroxylation is 1. The molecule has 0 saturated carbocycles. The Bertz CT molecular complexity index is 1450. The average molecular weight is 479 g/mol. The normalized spacial score (nSPS) is 11.1. The molecule has 0 N–H and O–H groups in total. The second kappa shape index (κ2) is 8.43. The van der Waals surface area contributed by atoms with Gasteiger partial charge < -0.3 is 4.42 Å². The largest absolute Gasteiger partial charge is 0.434 e. The summed E-state index contributed by atoms with van der Waals surface area (Å²) >= 11 is 13.3. The second-order valence-corrected chi connectivity index (χ2v) is 8.97. The number of nitrogens with zero attached hydrogens (tertiary/aromatic N) is 2. The first-order valence-electron chi connectivity index (χ1n) is 9.80. The van der Waals surface area contributed by atoms with Gasteiger partial charge in [0, 0.05) is 26.6 Å². The van der Waals surface area contributed by atoms with Crippen molar-refractivity contribution in [1.29, 1.82) is 0 Å². The lowest BCUT2D eigenvalue weighted by Crippen LogP contribution is -2.13. The van der Waals surface area contributed by atoms with E-state index in [9.17, 15) is 4.79 Å². The molecular formula is C25H16Cl2N2O2S. The molecule has 0 aliphatic rings. The molecule has 7 heteroatoms. The van der Waals surface area contributed by atoms with Gasteiger partial charge in [0.25, 0.3) is 0 Å². The number of hydrogen-bond acceptors (Lipinski definition) is 4. The monoisotopic (exact) mass is 478 g/mol. The zero-order valence-corrected chi connectivity index (χ0v) is 19.2. The van der Waals surface area contributed by atoms with Gasteiger partial charge in [-0.25, -0.2) is 4.57 Å². The second-order valence-electron chi connectivity index (χ2n) is 7.27. The molecule has 0 spiro atoms. The molecule has 3 aromatic carbocycles. The molecule has 0 bridgehead atoms. The van der Waals surface area contributed by atoms with Crippen LogP contribution in [0.1, 0.15) is 5.56 Å². The number of oxazole rings is 1. The number of benzene rings is 3. The first kappa shape index (κ1) is 20.8. The minimum absolute atomic E-state index is 0.158. The van der Waals surface area contributed by atoms with Crippen molar-refractivity contribution < 1.29 is 4.42 Å². The van der Waals surface area contributed by atoms with Gasteiger partial charge in [-0.2, -0.15) is 4.98 Å². The van der Waals surface area contributed by atoms with Crippen molar-refractivity contribution in [1.82, 2.24) is 9.55 Å². The predicted molar refractivity (Wildman–Crippen MR) is 131 cm³/mol. The van der Waals surface area contributed by atoms with E-state index in [0.717, 1.165) is 39.3 Å². The Labute approximate surface area is 198 Å². The lowest BCUT2D eigenvalue weighted by Gasteiger charge is -2.07. The molecule has 0 unspecified atom stereocenters. The standard InChI is InChI=1S/C25H16Cl2N2O2S/c1-15-2-4-18(5-3-15)24-28-23(22(31-24)17-8-12-20(27)13-9-17)29-21(14-32-25(29)30)16-6-10-19(26)11-7-16/h2-14H,1H3. The van der Waals surface area contributed by atoms with Gasteiger partial charge >= 0.3 is 4.87 Å². The van der Waals surface area contributed by atoms with Crippen LogP contribution in [0.2, 0.25) is 10.0 Å². The molecular weight excluding hydrogens is 463 g/mol. The molecule has 32 heavy (non-hydrogen) atoms. The number of thiazole rings is 1. The van der Waals surface area contributed by atoms with Crippen molar-refractivity contribution in [3.8, 4) is 39.9 Å². The third-order valence-electron chi connectivity index (χ3n) is 5.06. The molecule has 4 nitrogen and oxygen atoms in total. The summed E-state index contributed by atoms with van der Waals surface area (Å²) in [4.78, 5) is 17.6. The fourth-order valence-electron chi connectivity index (χ4n) is 3.40. The molecule has 2 heterocycles. The van der Waals surface area contributed by atoms with Crippen LogP contribution in [0, 0.1) is 6.92 Å². The van der Waals surface area contributed by atoms with E-state index in [1.54, 1.807) is 28.8 Å². The van der Waals surface area contributed by atoms with Crippen molar-refractivity contribution in [3.05, 3.63) is 103 Å². The summed E-state index contributed by atoms with van der Waals surface area (Å²) < 4.78 is 7.81. The van der Waals surface area contributed by atoms with Crippen LogP contribution in [0.25, 0.3) is 39.9 Å². The lowest BCUT2D eigenvalue weighted by molar-refractivity contribution is 0.588. The van der Waals surface area contributed by atoms with Crippen LogP contribution < -0.4 is 4.87 Å². The molecule has 5 rings (SSSR count). The van der Waals surface area contributed by atoms with Gasteiger partial charge in [0.2, 0.25) is 5.89 Å². The summed E-state index contributed by atoms with van der Waals surface area (Å²) in [5.41, 5.74) is 4.31. The fourth-order valence-corrected chi connectivity index (χ4v) is 4.40. The first-order chi connectivity index (χ1) is 15.5. The van der Waals surface area contributed by atoms with Gasteiger partial charge in [0.05, 0.1) is 5.69 Å². The summed E-state index contributed by atoms with van der Waals surface area (Å²) in [6.45, 7) is 2.02. The maximum absolute atomic E-state index is 13.0. The first-order valence-corrected chi connectivity index (χ1v) is 11.4. The van der Waals surface area contributed by atoms with Crippen LogP contribution in [-0.2, 0) is 0 Å². The molecule has 158 valence electrons. The van der Waals surface area contributed by atoms with Gasteiger partial charge in [-0.3, -0.25) is 4.79 Å². The van der Waals surface area contributed by atoms with Crippen LogP contribution in [0.3, 0.4) is 0 Å². The third-order valence-corrected chi connectivity index (χ3v) is 6.29. The summed E-state index contributed by atoms with van der Waals surface area (Å²) in [5.74, 6) is 1.36. The van der Waals surface area contributed by atoms with Gasteiger partial charge in [0.1, 0.15) is 0 Å². The van der Waals surface area contributed by atoms with E-state index in [1.807, 2.05) is 60.8 Å². The Morgan fingerprint density at radius 2 is 1.38 bits per heavy atom. The maximum atomic E-state index is 13.0. The Kier molecular flexibility index (Phi) is 5.47. The number of hydrogen-bond donors (Lipinski definition) is 0. The summed E-state index contributed by atoms with van der Waals surface area (Å²) in [6.07, 6.45) is 0. The fraction of sp³-hybridized carbons (Fsp3) is 0.0400. The lowest BCUT2D eigenvalue weighted by atomic mass is 10.1. The molecule has 0 amide bonds. The van der Waals surface area contributed by atoms with Crippen LogP contribution in [-0.4, -0.2) is 9.55 Å².